The molecule has 4 aromatic rings. The number of carbonyl (C=O) groups is 2. The standard InChI is InChI=1S/C31H37N5O4/c1-8-40-26-16-14-22(18-27(26)39-7)29(30(38)32-31(4,5)6)36(23-15-13-20(2)21(3)17-23)28(37)19-35-25-12-10-9-11-24(25)33-34-35/h9-18,29H,8,19H2,1-7H3,(H,32,38)/t29-/m0/s1. The molecule has 1 heterocycles. The third-order valence-electron chi connectivity index (χ3n) is 6.55. The summed E-state index contributed by atoms with van der Waals surface area (Å²) in [6.07, 6.45) is 0. The van der Waals surface area contributed by atoms with Crippen LogP contribution in [0.3, 0.4) is 0 Å². The molecule has 0 spiro atoms. The molecule has 2 amide bonds. The molecule has 4 rings (SSSR count). The Morgan fingerprint density at radius 2 is 1.75 bits per heavy atom. The van der Waals surface area contributed by atoms with Crippen molar-refractivity contribution in [2.45, 2.75) is 59.7 Å². The van der Waals surface area contributed by atoms with Gasteiger partial charge in [0, 0.05) is 11.2 Å². The second kappa shape index (κ2) is 11.8. The van der Waals surface area contributed by atoms with E-state index in [1.165, 1.54) is 0 Å². The van der Waals surface area contributed by atoms with Gasteiger partial charge in [0.1, 0.15) is 18.1 Å². The summed E-state index contributed by atoms with van der Waals surface area (Å²) < 4.78 is 12.9. The van der Waals surface area contributed by atoms with Crippen LogP contribution in [0.15, 0.2) is 60.7 Å². The van der Waals surface area contributed by atoms with E-state index in [4.69, 9.17) is 9.47 Å². The molecule has 1 aromatic heterocycles. The van der Waals surface area contributed by atoms with Gasteiger partial charge in [-0.2, -0.15) is 0 Å². The molecule has 9 nitrogen and oxygen atoms in total. The Morgan fingerprint density at radius 3 is 2.42 bits per heavy atom. The predicted molar refractivity (Wildman–Crippen MR) is 156 cm³/mol. The maximum Gasteiger partial charge on any atom is 0.249 e. The van der Waals surface area contributed by atoms with Gasteiger partial charge in [0.05, 0.1) is 19.2 Å². The molecule has 0 unspecified atom stereocenters. The topological polar surface area (TPSA) is 98.6 Å². The summed E-state index contributed by atoms with van der Waals surface area (Å²) in [6.45, 7) is 12.0. The number of benzene rings is 3. The van der Waals surface area contributed by atoms with Crippen LogP contribution in [0, 0.1) is 13.8 Å². The molecule has 210 valence electrons. The van der Waals surface area contributed by atoms with Crippen LogP contribution in [0.1, 0.15) is 50.4 Å². The minimum atomic E-state index is -1.01. The van der Waals surface area contributed by atoms with Crippen molar-refractivity contribution in [2.75, 3.05) is 18.6 Å². The Morgan fingerprint density at radius 1 is 1.00 bits per heavy atom. The summed E-state index contributed by atoms with van der Waals surface area (Å²) in [7, 11) is 1.55. The number of hydrogen-bond donors (Lipinski definition) is 1. The van der Waals surface area contributed by atoms with Gasteiger partial charge < -0.3 is 14.8 Å². The number of aromatic nitrogens is 3. The van der Waals surface area contributed by atoms with Gasteiger partial charge in [-0.1, -0.05) is 29.5 Å². The van der Waals surface area contributed by atoms with Crippen molar-refractivity contribution >= 4 is 28.5 Å². The highest BCUT2D eigenvalue weighted by molar-refractivity contribution is 6.02. The zero-order valence-corrected chi connectivity index (χ0v) is 24.2. The fourth-order valence-electron chi connectivity index (χ4n) is 4.54. The van der Waals surface area contributed by atoms with Crippen LogP contribution in [0.4, 0.5) is 5.69 Å². The molecular weight excluding hydrogens is 506 g/mol. The lowest BCUT2D eigenvalue weighted by Gasteiger charge is -2.34. The van der Waals surface area contributed by atoms with E-state index in [9.17, 15) is 9.59 Å². The van der Waals surface area contributed by atoms with Gasteiger partial charge in [-0.3, -0.25) is 14.5 Å². The van der Waals surface area contributed by atoms with Crippen LogP contribution in [0.5, 0.6) is 11.5 Å². The summed E-state index contributed by atoms with van der Waals surface area (Å²) in [5.41, 5.74) is 4.14. The second-order valence-electron chi connectivity index (χ2n) is 10.8. The van der Waals surface area contributed by atoms with Crippen LogP contribution in [0.2, 0.25) is 0 Å². The van der Waals surface area contributed by atoms with E-state index in [0.717, 1.165) is 16.6 Å². The molecule has 1 N–H and O–H groups in total. The summed E-state index contributed by atoms with van der Waals surface area (Å²) in [5, 5.41) is 11.5. The summed E-state index contributed by atoms with van der Waals surface area (Å²) >= 11 is 0. The number of aryl methyl sites for hydroxylation is 2. The molecule has 0 bridgehead atoms. The van der Waals surface area contributed by atoms with Crippen molar-refractivity contribution in [3.63, 3.8) is 0 Å². The summed E-state index contributed by atoms with van der Waals surface area (Å²) in [5.74, 6) is 0.388. The minimum absolute atomic E-state index is 0.110. The molecule has 0 aliphatic rings. The number of anilines is 1. The first-order valence-corrected chi connectivity index (χ1v) is 13.3. The first-order valence-electron chi connectivity index (χ1n) is 13.3. The van der Waals surface area contributed by atoms with Crippen LogP contribution in [0.25, 0.3) is 11.0 Å². The molecule has 0 aliphatic heterocycles. The van der Waals surface area contributed by atoms with Crippen molar-refractivity contribution in [2.24, 2.45) is 0 Å². The fourth-order valence-corrected chi connectivity index (χ4v) is 4.54. The van der Waals surface area contributed by atoms with Crippen LogP contribution < -0.4 is 19.7 Å². The maximum atomic E-state index is 14.3. The second-order valence-corrected chi connectivity index (χ2v) is 10.8. The largest absolute Gasteiger partial charge is 0.493 e. The van der Waals surface area contributed by atoms with E-state index in [1.807, 2.05) is 84.0 Å². The minimum Gasteiger partial charge on any atom is -0.493 e. The van der Waals surface area contributed by atoms with Crippen LogP contribution in [-0.2, 0) is 16.1 Å². The number of ether oxygens (including phenoxy) is 2. The molecular formula is C31H37N5O4. The Labute approximate surface area is 235 Å². The van der Waals surface area contributed by atoms with Crippen LogP contribution in [-0.4, -0.2) is 46.1 Å². The third kappa shape index (κ3) is 6.25. The highest BCUT2D eigenvalue weighted by atomic mass is 16.5. The lowest BCUT2D eigenvalue weighted by molar-refractivity contribution is -0.128. The number of rotatable bonds is 9. The smallest absolute Gasteiger partial charge is 0.249 e. The average molecular weight is 544 g/mol. The van der Waals surface area contributed by atoms with Gasteiger partial charge in [-0.25, -0.2) is 4.68 Å². The lowest BCUT2D eigenvalue weighted by Crippen LogP contribution is -2.50. The van der Waals surface area contributed by atoms with Gasteiger partial charge in [0.2, 0.25) is 11.8 Å². The number of nitrogens with one attached hydrogen (secondary N) is 1. The van der Waals surface area contributed by atoms with Crippen molar-refractivity contribution in [3.05, 3.63) is 77.4 Å². The van der Waals surface area contributed by atoms with E-state index >= 15 is 0 Å². The van der Waals surface area contributed by atoms with Gasteiger partial charge >= 0.3 is 0 Å². The molecule has 3 aromatic carbocycles. The number of hydrogen-bond acceptors (Lipinski definition) is 6. The predicted octanol–water partition coefficient (Wildman–Crippen LogP) is 5.14. The van der Waals surface area contributed by atoms with E-state index in [2.05, 4.69) is 15.6 Å². The average Bonchev–Trinajstić information content (AvgIpc) is 3.31. The molecule has 40 heavy (non-hydrogen) atoms. The van der Waals surface area contributed by atoms with Crippen molar-refractivity contribution in [1.29, 1.82) is 0 Å². The normalized spacial score (nSPS) is 12.2. The van der Waals surface area contributed by atoms with Gasteiger partial charge in [-0.15, -0.1) is 5.10 Å². The zero-order chi connectivity index (χ0) is 29.0. The van der Waals surface area contributed by atoms with Gasteiger partial charge in [-0.05, 0) is 94.6 Å². The molecule has 1 atom stereocenters. The van der Waals surface area contributed by atoms with Crippen molar-refractivity contribution in [1.82, 2.24) is 20.3 Å². The Hall–Kier alpha value is -4.40. The van der Waals surface area contributed by atoms with Gasteiger partial charge in [0.25, 0.3) is 0 Å². The Bertz CT molecular complexity index is 1520. The zero-order valence-electron chi connectivity index (χ0n) is 24.2. The number of nitrogens with zero attached hydrogens (tertiary/aromatic N) is 4. The molecule has 0 saturated heterocycles. The van der Waals surface area contributed by atoms with Crippen molar-refractivity contribution < 1.29 is 19.1 Å². The highest BCUT2D eigenvalue weighted by Gasteiger charge is 2.35. The quantitative estimate of drug-likeness (QED) is 0.314. The van der Waals surface area contributed by atoms with Crippen molar-refractivity contribution in [3.8, 4) is 11.5 Å². The van der Waals surface area contributed by atoms with E-state index < -0.39 is 11.6 Å². The monoisotopic (exact) mass is 543 g/mol. The fraction of sp³-hybridized carbons (Fsp3) is 0.355. The molecule has 9 heteroatoms. The van der Waals surface area contributed by atoms with Crippen LogP contribution >= 0.6 is 0 Å². The third-order valence-corrected chi connectivity index (χ3v) is 6.55. The molecule has 0 radical (unpaired) electrons. The molecule has 0 saturated carbocycles. The number of para-hydroxylation sites is 1. The first-order chi connectivity index (χ1) is 19.0. The summed E-state index contributed by atoms with van der Waals surface area (Å²) in [6, 6.07) is 17.5. The highest BCUT2D eigenvalue weighted by Crippen LogP contribution is 2.35. The number of fused-ring (bicyclic) bond motifs is 1. The number of carbonyl (C=O) groups excluding carboxylic acids is 2. The molecule has 0 aliphatic carbocycles. The number of amides is 2. The Balaban J connectivity index is 1.88. The Kier molecular flexibility index (Phi) is 8.42. The SMILES string of the molecule is CCOc1ccc([C@@H](C(=O)NC(C)(C)C)N(C(=O)Cn2nnc3ccccc32)c2ccc(C)c(C)c2)cc1OC. The first kappa shape index (κ1) is 28.6. The van der Waals surface area contributed by atoms with E-state index in [0.29, 0.717) is 34.9 Å². The van der Waals surface area contributed by atoms with E-state index in [1.54, 1.807) is 34.9 Å². The lowest BCUT2D eigenvalue weighted by atomic mass is 9.99. The maximum absolute atomic E-state index is 14.3. The number of methoxy groups -OCH3 is 1. The van der Waals surface area contributed by atoms with E-state index in [-0.39, 0.29) is 18.4 Å². The van der Waals surface area contributed by atoms with Gasteiger partial charge in [0.15, 0.2) is 11.5 Å². The summed E-state index contributed by atoms with van der Waals surface area (Å²) in [4.78, 5) is 29.8. The molecule has 0 fully saturated rings.